The second-order valence-corrected chi connectivity index (χ2v) is 29.6. The number of fused-ring (bicyclic) bond motifs is 2. The molecule has 8 amide bonds. The molecule has 8 rings (SSSR count). The minimum Gasteiger partial charge on any atom is -0.494 e. The van der Waals surface area contributed by atoms with Crippen LogP contribution in [0.2, 0.25) is 0 Å². The number of carbonyl (C=O) groups is 9. The summed E-state index contributed by atoms with van der Waals surface area (Å²) in [5.41, 5.74) is 1.36. The molecule has 37 nitrogen and oxygen atoms in total. The number of aromatic nitrogens is 1. The zero-order valence-corrected chi connectivity index (χ0v) is 64.0. The zero-order chi connectivity index (χ0) is 82.4. The molecule has 4 saturated heterocycles. The fourth-order valence-corrected chi connectivity index (χ4v) is 14.1. The summed E-state index contributed by atoms with van der Waals surface area (Å²) < 4.78 is 67.3. The largest absolute Gasteiger partial charge is 0.514 e. The van der Waals surface area contributed by atoms with E-state index in [0.717, 1.165) is 91.6 Å². The van der Waals surface area contributed by atoms with E-state index in [0.29, 0.717) is 34.9 Å². The summed E-state index contributed by atoms with van der Waals surface area (Å²) in [5.74, 6) is -10.0. The Labute approximate surface area is 653 Å². The molecule has 113 heavy (non-hydrogen) atoms. The lowest BCUT2D eigenvalue weighted by Crippen LogP contribution is -2.64. The molecule has 16 N–H and O–H groups in total. The number of aliphatic hydroxyl groups excluding tert-OH is 8. The molecular weight excluding hydrogens is 1500 g/mol. The van der Waals surface area contributed by atoms with Gasteiger partial charge in [0.15, 0.2) is 17.3 Å². The van der Waals surface area contributed by atoms with Crippen LogP contribution in [0.1, 0.15) is 95.0 Å². The monoisotopic (exact) mass is 1610 g/mol. The first-order chi connectivity index (χ1) is 53.8. The standard InChI is InChI=1S/C75H104N10O27S/c1-7-27-107-74(101)83(50(40-86)41-87)26-24-57(91)64-73(100)85-36-42(3)66(93)65(85)71(98)76-35-51(89)32-55(77-67(94)49-17-15-47(16-18-49)54-34-60(111-81-54)48-19-21-53(22-20-48)106-29-13-11-9-10-12-25-82-37-43(4)109-44(5)38-82)68(95)78-62(45(6)88)72(99)84-39-52(90)33-56(84)69(96)79-63(70(97)80-64)58(92)30-46-14-23-59(110-75(102)108-28-8-2)61(31-46)112-113(103,104)105/h7-8,14-23,31,34,42-45,50-52,55-58,62-66,86-93,103-105H,1-2,9-13,24-30,32-33,35-41H2,3-6H3,(H,76,98)(H,77,94)(H,78,95)(H,79,96)(H,80,97)/t42-,43-,44+,45+,51+,52+,55?,56-,57+,58+,62-,63-,64-,65-,66-/m0/s1. The molecule has 1 unspecified atom stereocenters. The van der Waals surface area contributed by atoms with E-state index in [9.17, 15) is 88.1 Å². The molecule has 4 aliphatic heterocycles. The smallest absolute Gasteiger partial charge is 0.494 e. The third kappa shape index (κ3) is 25.3. The van der Waals surface area contributed by atoms with Crippen molar-refractivity contribution in [3.05, 3.63) is 109 Å². The molecule has 622 valence electrons. The van der Waals surface area contributed by atoms with Crippen LogP contribution in [0, 0.1) is 5.92 Å². The fraction of sp³-hybridized carbons (Fsp3) is 0.547. The summed E-state index contributed by atoms with van der Waals surface area (Å²) in [6.07, 6.45) is -8.69. The van der Waals surface area contributed by atoms with Crippen LogP contribution < -0.4 is 40.2 Å². The summed E-state index contributed by atoms with van der Waals surface area (Å²) in [6.45, 7) is 12.1. The van der Waals surface area contributed by atoms with E-state index in [2.05, 4.69) is 63.6 Å². The van der Waals surface area contributed by atoms with Gasteiger partial charge in [0.05, 0.1) is 74.7 Å². The first-order valence-corrected chi connectivity index (χ1v) is 38.6. The van der Waals surface area contributed by atoms with Crippen molar-refractivity contribution in [1.29, 1.82) is 0 Å². The Morgan fingerprint density at radius 1 is 0.708 bits per heavy atom. The average Bonchev–Trinajstić information content (AvgIpc) is 1.65. The summed E-state index contributed by atoms with van der Waals surface area (Å²) in [4.78, 5) is 135. The van der Waals surface area contributed by atoms with Crippen LogP contribution in [-0.2, 0) is 49.4 Å². The Morgan fingerprint density at radius 2 is 1.35 bits per heavy atom. The van der Waals surface area contributed by atoms with Crippen LogP contribution in [-0.4, -0.2) is 303 Å². The zero-order valence-electron chi connectivity index (χ0n) is 63.2. The lowest BCUT2D eigenvalue weighted by molar-refractivity contribution is -0.147. The predicted octanol–water partition coefficient (Wildman–Crippen LogP) is 0.982. The molecule has 5 heterocycles. The van der Waals surface area contributed by atoms with Crippen LogP contribution in [0.25, 0.3) is 22.6 Å². The van der Waals surface area contributed by atoms with E-state index in [1.807, 2.05) is 24.3 Å². The lowest BCUT2D eigenvalue weighted by atomic mass is 9.98. The molecule has 4 aromatic rings. The van der Waals surface area contributed by atoms with Crippen molar-refractivity contribution in [3.63, 3.8) is 0 Å². The number of aliphatic hydroxyl groups is 8. The van der Waals surface area contributed by atoms with E-state index in [4.69, 9.17) is 32.4 Å². The van der Waals surface area contributed by atoms with Gasteiger partial charge in [0, 0.05) is 87.2 Å². The number of nitrogens with zero attached hydrogens (tertiary/aromatic N) is 5. The Morgan fingerprint density at radius 3 is 2.01 bits per heavy atom. The van der Waals surface area contributed by atoms with E-state index >= 15 is 9.59 Å². The van der Waals surface area contributed by atoms with Crippen molar-refractivity contribution >= 4 is 64.8 Å². The molecule has 15 atom stereocenters. The van der Waals surface area contributed by atoms with Gasteiger partial charge in [0.2, 0.25) is 35.4 Å². The molecule has 1 aromatic heterocycles. The van der Waals surface area contributed by atoms with Crippen LogP contribution in [0.5, 0.6) is 17.2 Å². The number of rotatable bonds is 31. The first-order valence-electron chi connectivity index (χ1n) is 37.2. The van der Waals surface area contributed by atoms with Gasteiger partial charge >= 0.3 is 12.2 Å². The molecule has 0 radical (unpaired) electrons. The highest BCUT2D eigenvalue weighted by atomic mass is 32.3. The predicted molar refractivity (Wildman–Crippen MR) is 403 cm³/mol. The van der Waals surface area contributed by atoms with Crippen molar-refractivity contribution in [1.82, 2.24) is 51.3 Å². The van der Waals surface area contributed by atoms with Gasteiger partial charge in [-0.05, 0) is 101 Å². The molecule has 3 aromatic carbocycles. The number of hydrogen-bond acceptors (Lipinski definition) is 29. The number of carbonyl (C=O) groups excluding carboxylic acids is 9. The number of morpholine rings is 1. The van der Waals surface area contributed by atoms with Gasteiger partial charge in [-0.3, -0.25) is 52.1 Å². The number of ether oxygens (including phenoxy) is 5. The van der Waals surface area contributed by atoms with Crippen LogP contribution in [0.4, 0.5) is 9.59 Å². The lowest BCUT2D eigenvalue weighted by Gasteiger charge is -2.35. The molecule has 4 fully saturated rings. The van der Waals surface area contributed by atoms with Gasteiger partial charge in [-0.25, -0.2) is 9.59 Å². The Kier molecular flexibility index (Phi) is 33.2. The second kappa shape index (κ2) is 42.1. The van der Waals surface area contributed by atoms with Crippen LogP contribution in [0.15, 0.2) is 103 Å². The minimum absolute atomic E-state index is 0.0499. The van der Waals surface area contributed by atoms with Gasteiger partial charge in [-0.1, -0.05) is 74.9 Å². The number of amides is 8. The van der Waals surface area contributed by atoms with Gasteiger partial charge in [-0.15, -0.1) is 0 Å². The van der Waals surface area contributed by atoms with Gasteiger partial charge in [0.25, 0.3) is 17.1 Å². The second-order valence-electron chi connectivity index (χ2n) is 28.5. The molecule has 0 saturated carbocycles. The Balaban J connectivity index is 1.06. The molecule has 0 spiro atoms. The Hall–Kier alpha value is -9.39. The van der Waals surface area contributed by atoms with E-state index in [1.165, 1.54) is 31.2 Å². The topological polar surface area (TPSA) is 531 Å². The van der Waals surface area contributed by atoms with Crippen LogP contribution in [0.3, 0.4) is 0 Å². The van der Waals surface area contributed by atoms with Gasteiger partial charge < -0.3 is 115 Å². The van der Waals surface area contributed by atoms with Crippen molar-refractivity contribution in [2.24, 2.45) is 5.92 Å². The maximum atomic E-state index is 15.3. The number of nitrogens with one attached hydrogen (secondary N) is 5. The molecular formula is C75H104N10O27S. The Bertz CT molecular complexity index is 3870. The van der Waals surface area contributed by atoms with E-state index < -0.39 is 226 Å². The SMILES string of the molecule is C=CCOC(=O)Oc1ccc(C[C@@H](O)[C@@H]2NC(=O)[C@@H]3C[C@@H](O)CN3C(=O)[C@H]([C@@H](C)O)NC(=O)C(NC(=O)c3ccc(-c4cc(-c5ccc(OCCCCCCCN6C[C@@H](C)O[C@@H](C)C6)cc5)on4)cc3)C[C@@H](O)CNC(=O)[C@@H]3[C@@H](O)[C@@H](C)CN3C(=O)[C@H]([C@H](O)CCN(C(=O)OCC=C)C(CO)CO)NC2=O)cc1OS(O)(O)O. The third-order valence-corrected chi connectivity index (χ3v) is 19.9. The first kappa shape index (κ1) is 89.2. The van der Waals surface area contributed by atoms with Crippen molar-refractivity contribution in [2.75, 3.05) is 78.8 Å². The van der Waals surface area contributed by atoms with E-state index in [-0.39, 0.29) is 36.5 Å². The summed E-state index contributed by atoms with van der Waals surface area (Å²) in [7, 11) is 0. The summed E-state index contributed by atoms with van der Waals surface area (Å²) in [6, 6.07) is 4.08. The summed E-state index contributed by atoms with van der Waals surface area (Å²) in [5, 5.41) is 107. The normalized spacial score (nSPS) is 24.7. The van der Waals surface area contributed by atoms with Gasteiger partial charge in [0.1, 0.15) is 60.9 Å². The third-order valence-electron chi connectivity index (χ3n) is 19.5. The molecule has 0 aliphatic carbocycles. The maximum absolute atomic E-state index is 15.3. The number of unbranched alkanes of at least 4 members (excludes halogenated alkanes) is 4. The average molecular weight is 1610 g/mol. The minimum atomic E-state index is -4.93. The van der Waals surface area contributed by atoms with Crippen molar-refractivity contribution in [2.45, 2.75) is 177 Å². The quantitative estimate of drug-likeness (QED) is 0.0144. The highest BCUT2D eigenvalue weighted by Gasteiger charge is 2.50. The fourth-order valence-electron chi connectivity index (χ4n) is 13.7. The van der Waals surface area contributed by atoms with Gasteiger partial charge in [-0.2, -0.15) is 0 Å². The molecule has 38 heteroatoms. The van der Waals surface area contributed by atoms with Crippen LogP contribution >= 0.6 is 11.2 Å². The number of hydrogen-bond donors (Lipinski definition) is 16. The molecule has 4 aliphatic rings. The number of β-amino-alcohol motifs (C(OH)–C–C–N with tert-alkyl or cyclic N) is 1. The highest BCUT2D eigenvalue weighted by Crippen LogP contribution is 2.42. The highest BCUT2D eigenvalue weighted by molar-refractivity contribution is 8.15. The van der Waals surface area contributed by atoms with Crippen molar-refractivity contribution in [3.8, 4) is 39.8 Å². The van der Waals surface area contributed by atoms with E-state index in [1.54, 1.807) is 18.2 Å². The summed E-state index contributed by atoms with van der Waals surface area (Å²) >= 11 is -4.93. The maximum Gasteiger partial charge on any atom is 0.514 e. The van der Waals surface area contributed by atoms with Crippen molar-refractivity contribution < 1.29 is 130 Å². The number of benzene rings is 3. The molecule has 0 bridgehead atoms.